The first-order valence-corrected chi connectivity index (χ1v) is 5.49. The molecule has 94 valence electrons. The van der Waals surface area contributed by atoms with Crippen LogP contribution in [0.3, 0.4) is 0 Å². The van der Waals surface area contributed by atoms with Gasteiger partial charge in [-0.25, -0.2) is 0 Å². The number of rotatable bonds is 5. The van der Waals surface area contributed by atoms with E-state index in [4.69, 9.17) is 0 Å². The van der Waals surface area contributed by atoms with Crippen LogP contribution in [0.1, 0.15) is 23.1 Å². The van der Waals surface area contributed by atoms with Crippen LogP contribution in [-0.2, 0) is 6.54 Å². The number of aromatic amines is 1. The van der Waals surface area contributed by atoms with Crippen LogP contribution >= 0.6 is 0 Å². The summed E-state index contributed by atoms with van der Waals surface area (Å²) < 4.78 is 0. The molecule has 2 aromatic heterocycles. The third-order valence-electron chi connectivity index (χ3n) is 2.23. The molecule has 0 radical (unpaired) electrons. The topological polar surface area (TPSA) is 108 Å². The van der Waals surface area contributed by atoms with E-state index in [-0.39, 0.29) is 12.5 Å². The molecule has 0 aliphatic heterocycles. The van der Waals surface area contributed by atoms with Crippen molar-refractivity contribution < 1.29 is 4.79 Å². The zero-order valence-electron chi connectivity index (χ0n) is 9.84. The van der Waals surface area contributed by atoms with E-state index in [1.54, 1.807) is 12.3 Å². The summed E-state index contributed by atoms with van der Waals surface area (Å²) >= 11 is 0. The summed E-state index contributed by atoms with van der Waals surface area (Å²) in [5.41, 5.74) is 1.24. The lowest BCUT2D eigenvalue weighted by atomic mass is 10.2. The number of nitrogens with one attached hydrogen (secondary N) is 3. The van der Waals surface area contributed by atoms with Crippen LogP contribution in [-0.4, -0.2) is 38.1 Å². The highest BCUT2D eigenvalue weighted by Crippen LogP contribution is 2.12. The largest absolute Gasteiger partial charge is 0.385 e. The van der Waals surface area contributed by atoms with Gasteiger partial charge in [-0.1, -0.05) is 5.21 Å². The second-order valence-electron chi connectivity index (χ2n) is 3.46. The van der Waals surface area contributed by atoms with Crippen LogP contribution in [0.5, 0.6) is 0 Å². The van der Waals surface area contributed by atoms with Crippen molar-refractivity contribution in [1.29, 1.82) is 0 Å². The fourth-order valence-corrected chi connectivity index (χ4v) is 1.43. The monoisotopic (exact) mass is 247 g/mol. The predicted molar refractivity (Wildman–Crippen MR) is 63.7 cm³/mol. The maximum atomic E-state index is 12.0. The molecule has 0 atom stereocenters. The van der Waals surface area contributed by atoms with Gasteiger partial charge in [0.1, 0.15) is 0 Å². The summed E-state index contributed by atoms with van der Waals surface area (Å²) in [7, 11) is 0. The minimum Gasteiger partial charge on any atom is -0.385 e. The van der Waals surface area contributed by atoms with Crippen LogP contribution in [0.25, 0.3) is 0 Å². The van der Waals surface area contributed by atoms with Gasteiger partial charge in [-0.2, -0.15) is 5.21 Å². The number of pyridine rings is 1. The third kappa shape index (κ3) is 2.78. The third-order valence-corrected chi connectivity index (χ3v) is 2.23. The maximum absolute atomic E-state index is 12.0. The molecular weight excluding hydrogens is 234 g/mol. The first-order chi connectivity index (χ1) is 8.81. The van der Waals surface area contributed by atoms with E-state index in [0.29, 0.717) is 11.4 Å². The van der Waals surface area contributed by atoms with Gasteiger partial charge in [-0.15, -0.1) is 10.2 Å². The normalized spacial score (nSPS) is 10.1. The molecule has 2 aromatic rings. The van der Waals surface area contributed by atoms with E-state index < -0.39 is 0 Å². The average Bonchev–Trinajstić information content (AvgIpc) is 2.90. The lowest BCUT2D eigenvalue weighted by Crippen LogP contribution is -2.24. The van der Waals surface area contributed by atoms with Crippen molar-refractivity contribution in [2.45, 2.75) is 13.5 Å². The van der Waals surface area contributed by atoms with Crippen LogP contribution in [0.4, 0.5) is 5.69 Å². The molecule has 0 aromatic carbocycles. The van der Waals surface area contributed by atoms with E-state index in [9.17, 15) is 4.79 Å². The van der Waals surface area contributed by atoms with Crippen LogP contribution < -0.4 is 10.6 Å². The Morgan fingerprint density at radius 2 is 2.39 bits per heavy atom. The number of anilines is 1. The Morgan fingerprint density at radius 3 is 3.11 bits per heavy atom. The highest BCUT2D eigenvalue weighted by Gasteiger charge is 2.11. The van der Waals surface area contributed by atoms with Gasteiger partial charge >= 0.3 is 0 Å². The van der Waals surface area contributed by atoms with Gasteiger partial charge in [0.15, 0.2) is 5.82 Å². The molecule has 3 N–H and O–H groups in total. The average molecular weight is 247 g/mol. The SMILES string of the molecule is CCNc1ccncc1C(=O)NCc1nn[nH]n1. The Labute approximate surface area is 103 Å². The number of hydrogen-bond acceptors (Lipinski definition) is 6. The molecule has 2 rings (SSSR count). The Balaban J connectivity index is 2.04. The van der Waals surface area contributed by atoms with Gasteiger partial charge in [0.05, 0.1) is 17.8 Å². The fourth-order valence-electron chi connectivity index (χ4n) is 1.43. The highest BCUT2D eigenvalue weighted by molar-refractivity contribution is 5.99. The van der Waals surface area contributed by atoms with E-state index in [1.165, 1.54) is 6.20 Å². The van der Waals surface area contributed by atoms with Gasteiger partial charge < -0.3 is 10.6 Å². The van der Waals surface area contributed by atoms with Crippen molar-refractivity contribution in [3.63, 3.8) is 0 Å². The highest BCUT2D eigenvalue weighted by atomic mass is 16.1. The van der Waals surface area contributed by atoms with E-state index in [0.717, 1.165) is 12.2 Å². The Morgan fingerprint density at radius 1 is 1.50 bits per heavy atom. The molecule has 0 unspecified atom stereocenters. The zero-order valence-corrected chi connectivity index (χ0v) is 9.84. The molecule has 18 heavy (non-hydrogen) atoms. The molecule has 0 aliphatic rings. The van der Waals surface area contributed by atoms with Crippen molar-refractivity contribution in [1.82, 2.24) is 30.9 Å². The zero-order chi connectivity index (χ0) is 12.8. The van der Waals surface area contributed by atoms with Crippen molar-refractivity contribution >= 4 is 11.6 Å². The molecule has 0 fully saturated rings. The number of carbonyl (C=O) groups is 1. The molecule has 0 aliphatic carbocycles. The quantitative estimate of drug-likeness (QED) is 0.684. The number of H-pyrrole nitrogens is 1. The van der Waals surface area contributed by atoms with Gasteiger partial charge in [-0.05, 0) is 13.0 Å². The number of nitrogens with zero attached hydrogens (tertiary/aromatic N) is 4. The minimum atomic E-state index is -0.233. The lowest BCUT2D eigenvalue weighted by Gasteiger charge is -2.09. The lowest BCUT2D eigenvalue weighted by molar-refractivity contribution is 0.0950. The number of carbonyl (C=O) groups excluding carboxylic acids is 1. The molecular formula is C10H13N7O. The second kappa shape index (κ2) is 5.71. The first-order valence-electron chi connectivity index (χ1n) is 5.49. The fraction of sp³-hybridized carbons (Fsp3) is 0.300. The van der Waals surface area contributed by atoms with Crippen molar-refractivity contribution in [2.24, 2.45) is 0 Å². The van der Waals surface area contributed by atoms with Crippen LogP contribution in [0, 0.1) is 0 Å². The molecule has 0 spiro atoms. The molecule has 2 heterocycles. The Bertz CT molecular complexity index is 511. The first kappa shape index (κ1) is 12.0. The summed E-state index contributed by atoms with van der Waals surface area (Å²) in [6.07, 6.45) is 3.15. The summed E-state index contributed by atoms with van der Waals surface area (Å²) in [4.78, 5) is 15.9. The van der Waals surface area contributed by atoms with E-state index in [1.807, 2.05) is 6.92 Å². The summed E-state index contributed by atoms with van der Waals surface area (Å²) in [6.45, 7) is 2.91. The predicted octanol–water partition coefficient (Wildman–Crippen LogP) is -0.0435. The van der Waals surface area contributed by atoms with Gasteiger partial charge in [0, 0.05) is 18.9 Å². The molecule has 1 amide bonds. The van der Waals surface area contributed by atoms with Crippen molar-refractivity contribution in [3.8, 4) is 0 Å². The van der Waals surface area contributed by atoms with E-state index >= 15 is 0 Å². The number of hydrogen-bond donors (Lipinski definition) is 3. The smallest absolute Gasteiger partial charge is 0.255 e. The second-order valence-corrected chi connectivity index (χ2v) is 3.46. The van der Waals surface area contributed by atoms with E-state index in [2.05, 4.69) is 36.2 Å². The molecule has 8 heteroatoms. The van der Waals surface area contributed by atoms with Gasteiger partial charge in [0.2, 0.25) is 0 Å². The van der Waals surface area contributed by atoms with Gasteiger partial charge in [0.25, 0.3) is 5.91 Å². The summed E-state index contributed by atoms with van der Waals surface area (Å²) in [6, 6.07) is 1.76. The molecule has 0 saturated heterocycles. The number of tetrazole rings is 1. The molecule has 8 nitrogen and oxygen atoms in total. The minimum absolute atomic E-state index is 0.218. The van der Waals surface area contributed by atoms with Crippen molar-refractivity contribution in [3.05, 3.63) is 29.8 Å². The Hall–Kier alpha value is -2.51. The number of aromatic nitrogens is 5. The standard InChI is InChI=1S/C10H13N7O/c1-2-12-8-3-4-11-5-7(8)10(18)13-6-9-14-16-17-15-9/h3-5H,2,6H2,1H3,(H,11,12)(H,13,18)(H,14,15,16,17). The molecule has 0 saturated carbocycles. The molecule has 0 bridgehead atoms. The van der Waals surface area contributed by atoms with Gasteiger partial charge in [-0.3, -0.25) is 9.78 Å². The summed E-state index contributed by atoms with van der Waals surface area (Å²) in [5, 5.41) is 19.0. The maximum Gasteiger partial charge on any atom is 0.255 e. The van der Waals surface area contributed by atoms with Crippen LogP contribution in [0.2, 0.25) is 0 Å². The van der Waals surface area contributed by atoms with Crippen LogP contribution in [0.15, 0.2) is 18.5 Å². The number of amides is 1. The Kier molecular flexibility index (Phi) is 3.79. The van der Waals surface area contributed by atoms with Crippen molar-refractivity contribution in [2.75, 3.05) is 11.9 Å². The summed E-state index contributed by atoms with van der Waals surface area (Å²) in [5.74, 6) is 0.195.